The van der Waals surface area contributed by atoms with Gasteiger partial charge in [0.05, 0.1) is 0 Å². The standard InChI is InChI=1S/C13H18BrN/c1-10(14)8-15(2)9-12-7-11-5-3-4-6-13(11)12/h3-6,10,12H,7-9H2,1-2H3. The third-order valence-corrected chi connectivity index (χ3v) is 3.35. The number of alkyl halides is 1. The lowest BCUT2D eigenvalue weighted by Crippen LogP contribution is -2.33. The van der Waals surface area contributed by atoms with E-state index in [1.165, 1.54) is 13.0 Å². The summed E-state index contributed by atoms with van der Waals surface area (Å²) in [6.45, 7) is 4.51. The highest BCUT2D eigenvalue weighted by atomic mass is 79.9. The third kappa shape index (κ3) is 2.61. The molecule has 2 rings (SSSR count). The molecule has 0 aliphatic heterocycles. The molecule has 82 valence electrons. The van der Waals surface area contributed by atoms with Crippen molar-refractivity contribution in [3.05, 3.63) is 35.4 Å². The van der Waals surface area contributed by atoms with Crippen LogP contribution in [0.25, 0.3) is 0 Å². The van der Waals surface area contributed by atoms with Gasteiger partial charge in [-0.25, -0.2) is 0 Å². The van der Waals surface area contributed by atoms with Crippen molar-refractivity contribution >= 4 is 15.9 Å². The van der Waals surface area contributed by atoms with Crippen molar-refractivity contribution in [2.75, 3.05) is 20.1 Å². The van der Waals surface area contributed by atoms with E-state index >= 15 is 0 Å². The van der Waals surface area contributed by atoms with Crippen LogP contribution in [0.2, 0.25) is 0 Å². The molecule has 0 aromatic heterocycles. The molecule has 0 radical (unpaired) electrons. The van der Waals surface area contributed by atoms with Crippen LogP contribution in [0.1, 0.15) is 24.0 Å². The summed E-state index contributed by atoms with van der Waals surface area (Å²) in [5, 5.41) is 0. The van der Waals surface area contributed by atoms with Crippen molar-refractivity contribution in [3.63, 3.8) is 0 Å². The molecule has 1 aliphatic rings. The number of hydrogen-bond acceptors (Lipinski definition) is 1. The van der Waals surface area contributed by atoms with Crippen molar-refractivity contribution in [2.45, 2.75) is 24.1 Å². The minimum absolute atomic E-state index is 0.581. The molecule has 0 heterocycles. The van der Waals surface area contributed by atoms with Crippen molar-refractivity contribution in [3.8, 4) is 0 Å². The van der Waals surface area contributed by atoms with Crippen LogP contribution >= 0.6 is 15.9 Å². The molecule has 0 spiro atoms. The van der Waals surface area contributed by atoms with Gasteiger partial charge in [-0.3, -0.25) is 0 Å². The topological polar surface area (TPSA) is 3.24 Å². The average molecular weight is 268 g/mol. The van der Waals surface area contributed by atoms with E-state index in [1.54, 1.807) is 11.1 Å². The fourth-order valence-corrected chi connectivity index (χ4v) is 2.90. The molecule has 0 saturated carbocycles. The normalized spacial score (nSPS) is 20.9. The first-order valence-corrected chi connectivity index (χ1v) is 6.49. The summed E-state index contributed by atoms with van der Waals surface area (Å²) in [6, 6.07) is 8.81. The molecule has 1 aliphatic carbocycles. The van der Waals surface area contributed by atoms with E-state index in [0.717, 1.165) is 12.5 Å². The zero-order valence-corrected chi connectivity index (χ0v) is 11.0. The van der Waals surface area contributed by atoms with Crippen LogP contribution in [0.4, 0.5) is 0 Å². The zero-order chi connectivity index (χ0) is 10.8. The molecule has 2 heteroatoms. The van der Waals surface area contributed by atoms with Crippen LogP contribution in [0.5, 0.6) is 0 Å². The molecular weight excluding hydrogens is 250 g/mol. The van der Waals surface area contributed by atoms with Gasteiger partial charge in [0.1, 0.15) is 0 Å². The highest BCUT2D eigenvalue weighted by Gasteiger charge is 2.26. The quantitative estimate of drug-likeness (QED) is 0.759. The minimum Gasteiger partial charge on any atom is -0.305 e. The smallest absolute Gasteiger partial charge is 0.0244 e. The Bertz CT molecular complexity index is 335. The molecule has 2 atom stereocenters. The summed E-state index contributed by atoms with van der Waals surface area (Å²) in [5.41, 5.74) is 3.11. The van der Waals surface area contributed by atoms with Gasteiger partial charge in [0.25, 0.3) is 0 Å². The lowest BCUT2D eigenvalue weighted by atomic mass is 9.77. The Hall–Kier alpha value is -0.340. The number of rotatable bonds is 4. The molecule has 0 saturated heterocycles. The van der Waals surface area contributed by atoms with Crippen LogP contribution in [0, 0.1) is 0 Å². The molecule has 1 aromatic rings. The zero-order valence-electron chi connectivity index (χ0n) is 9.41. The maximum absolute atomic E-state index is 3.59. The molecule has 0 fully saturated rings. The van der Waals surface area contributed by atoms with E-state index in [9.17, 15) is 0 Å². The second kappa shape index (κ2) is 4.67. The van der Waals surface area contributed by atoms with Crippen LogP contribution in [-0.4, -0.2) is 29.9 Å². The Kier molecular flexibility index (Phi) is 3.47. The lowest BCUT2D eigenvalue weighted by molar-refractivity contribution is 0.303. The van der Waals surface area contributed by atoms with Crippen LogP contribution in [0.15, 0.2) is 24.3 Å². The van der Waals surface area contributed by atoms with Crippen molar-refractivity contribution in [1.82, 2.24) is 4.90 Å². The first kappa shape index (κ1) is 11.2. The van der Waals surface area contributed by atoms with Crippen molar-refractivity contribution < 1.29 is 0 Å². The van der Waals surface area contributed by atoms with Gasteiger partial charge < -0.3 is 4.90 Å². The molecule has 0 bridgehead atoms. The molecule has 1 aromatic carbocycles. The summed E-state index contributed by atoms with van der Waals surface area (Å²) < 4.78 is 0. The van der Waals surface area contributed by atoms with E-state index < -0.39 is 0 Å². The van der Waals surface area contributed by atoms with E-state index in [2.05, 4.69) is 59.1 Å². The Morgan fingerprint density at radius 2 is 2.20 bits per heavy atom. The van der Waals surface area contributed by atoms with Crippen LogP contribution in [0.3, 0.4) is 0 Å². The second-order valence-corrected chi connectivity index (χ2v) is 6.16. The Labute approximate surface area is 101 Å². The first-order valence-electron chi connectivity index (χ1n) is 5.57. The number of benzene rings is 1. The number of fused-ring (bicyclic) bond motifs is 1. The van der Waals surface area contributed by atoms with Gasteiger partial charge in [-0.15, -0.1) is 0 Å². The van der Waals surface area contributed by atoms with Crippen molar-refractivity contribution in [1.29, 1.82) is 0 Å². The van der Waals surface area contributed by atoms with Gasteiger partial charge in [0.15, 0.2) is 0 Å². The predicted octanol–water partition coefficient (Wildman–Crippen LogP) is 3.04. The number of nitrogens with zero attached hydrogens (tertiary/aromatic N) is 1. The van der Waals surface area contributed by atoms with E-state index in [-0.39, 0.29) is 0 Å². The Morgan fingerprint density at radius 1 is 1.47 bits per heavy atom. The number of halogens is 1. The van der Waals surface area contributed by atoms with E-state index in [1.807, 2.05) is 0 Å². The predicted molar refractivity (Wildman–Crippen MR) is 68.8 cm³/mol. The number of hydrogen-bond donors (Lipinski definition) is 0. The minimum atomic E-state index is 0.581. The SMILES string of the molecule is CC(Br)CN(C)CC1Cc2ccccc21. The Balaban J connectivity index is 1.89. The molecule has 0 amide bonds. The first-order chi connectivity index (χ1) is 7.16. The largest absolute Gasteiger partial charge is 0.305 e. The highest BCUT2D eigenvalue weighted by Crippen LogP contribution is 2.35. The van der Waals surface area contributed by atoms with Gasteiger partial charge >= 0.3 is 0 Å². The van der Waals surface area contributed by atoms with Gasteiger partial charge in [0, 0.05) is 23.8 Å². The summed E-state index contributed by atoms with van der Waals surface area (Å²) in [5.74, 6) is 0.762. The number of likely N-dealkylation sites (N-methyl/N-ethyl adjacent to an activating group) is 1. The van der Waals surface area contributed by atoms with Crippen LogP contribution < -0.4 is 0 Å². The van der Waals surface area contributed by atoms with E-state index in [4.69, 9.17) is 0 Å². The summed E-state index contributed by atoms with van der Waals surface area (Å²) >= 11 is 3.59. The molecule has 2 unspecified atom stereocenters. The van der Waals surface area contributed by atoms with Gasteiger partial charge in [0.2, 0.25) is 0 Å². The molecular formula is C13H18BrN. The third-order valence-electron chi connectivity index (χ3n) is 3.06. The van der Waals surface area contributed by atoms with Crippen molar-refractivity contribution in [2.24, 2.45) is 0 Å². The maximum atomic E-state index is 3.59. The van der Waals surface area contributed by atoms with Gasteiger partial charge in [-0.05, 0) is 24.6 Å². The summed E-state index contributed by atoms with van der Waals surface area (Å²) in [7, 11) is 2.21. The maximum Gasteiger partial charge on any atom is 0.0244 e. The van der Waals surface area contributed by atoms with Crippen LogP contribution in [-0.2, 0) is 6.42 Å². The second-order valence-electron chi connectivity index (χ2n) is 4.60. The molecule has 1 nitrogen and oxygen atoms in total. The monoisotopic (exact) mass is 267 g/mol. The summed E-state index contributed by atoms with van der Waals surface area (Å²) in [4.78, 5) is 3.00. The highest BCUT2D eigenvalue weighted by molar-refractivity contribution is 9.09. The Morgan fingerprint density at radius 3 is 2.87 bits per heavy atom. The fraction of sp³-hybridized carbons (Fsp3) is 0.538. The average Bonchev–Trinajstić information content (AvgIpc) is 2.13. The molecule has 0 N–H and O–H groups in total. The van der Waals surface area contributed by atoms with E-state index in [0.29, 0.717) is 4.83 Å². The van der Waals surface area contributed by atoms with Gasteiger partial charge in [-0.1, -0.05) is 47.1 Å². The fourth-order valence-electron chi connectivity index (χ4n) is 2.41. The van der Waals surface area contributed by atoms with Gasteiger partial charge in [-0.2, -0.15) is 0 Å². The molecule has 15 heavy (non-hydrogen) atoms. The summed E-state index contributed by atoms with van der Waals surface area (Å²) in [6.07, 6.45) is 1.26. The lowest BCUT2D eigenvalue weighted by Gasteiger charge is -2.33.